The number of hydrogen-bond acceptors (Lipinski definition) is 4. The van der Waals surface area contributed by atoms with Crippen LogP contribution in [0, 0.1) is 0 Å². The number of nitrogens with zero attached hydrogens (tertiary/aromatic N) is 2. The van der Waals surface area contributed by atoms with E-state index in [0.717, 1.165) is 12.1 Å². The van der Waals surface area contributed by atoms with Crippen molar-refractivity contribution in [2.24, 2.45) is 0 Å². The van der Waals surface area contributed by atoms with Crippen LogP contribution >= 0.6 is 0 Å². The highest BCUT2D eigenvalue weighted by atomic mass is 16.5. The molecule has 0 aromatic heterocycles. The number of carbonyl (C=O) groups excluding carboxylic acids is 3. The first-order chi connectivity index (χ1) is 12.2. The average Bonchev–Trinajstić information content (AvgIpc) is 3.00. The van der Waals surface area contributed by atoms with E-state index in [0.29, 0.717) is 18.5 Å². The first-order valence-electron chi connectivity index (χ1n) is 9.16. The number of ether oxygens (including phenoxy) is 1. The second-order valence-electron chi connectivity index (χ2n) is 7.18. The fourth-order valence-electron chi connectivity index (χ4n) is 3.29. The van der Waals surface area contributed by atoms with Crippen molar-refractivity contribution in [2.75, 3.05) is 11.4 Å². The molecule has 1 saturated heterocycles. The van der Waals surface area contributed by atoms with E-state index in [4.69, 9.17) is 4.74 Å². The van der Waals surface area contributed by atoms with Crippen LogP contribution in [0.1, 0.15) is 57.8 Å². The largest absolute Gasteiger partial charge is 0.449 e. The van der Waals surface area contributed by atoms with Gasteiger partial charge in [-0.15, -0.1) is 0 Å². The van der Waals surface area contributed by atoms with Gasteiger partial charge < -0.3 is 14.5 Å². The van der Waals surface area contributed by atoms with Crippen LogP contribution in [0.5, 0.6) is 0 Å². The van der Waals surface area contributed by atoms with Crippen LogP contribution in [0.4, 0.5) is 5.69 Å². The van der Waals surface area contributed by atoms with Crippen molar-refractivity contribution in [1.82, 2.24) is 4.90 Å². The summed E-state index contributed by atoms with van der Waals surface area (Å²) < 4.78 is 5.36. The highest BCUT2D eigenvalue weighted by molar-refractivity contribution is 5.96. The smallest absolute Gasteiger partial charge is 0.338 e. The monoisotopic (exact) mass is 360 g/mol. The zero-order valence-electron chi connectivity index (χ0n) is 16.2. The SMILES string of the molecule is CC(C)N(C(=O)[C@H](C)OC(=O)c1ccc(N2CCCC2=O)cc1)C(C)C. The molecule has 6 nitrogen and oxygen atoms in total. The van der Waals surface area contributed by atoms with Gasteiger partial charge in [0.05, 0.1) is 5.56 Å². The van der Waals surface area contributed by atoms with Crippen LogP contribution in [0.25, 0.3) is 0 Å². The summed E-state index contributed by atoms with van der Waals surface area (Å²) >= 11 is 0. The number of benzene rings is 1. The van der Waals surface area contributed by atoms with Gasteiger partial charge in [-0.05, 0) is 65.3 Å². The summed E-state index contributed by atoms with van der Waals surface area (Å²) in [7, 11) is 0. The Bertz CT molecular complexity index is 659. The van der Waals surface area contributed by atoms with Crippen molar-refractivity contribution < 1.29 is 19.1 Å². The first-order valence-corrected chi connectivity index (χ1v) is 9.16. The Hall–Kier alpha value is -2.37. The van der Waals surface area contributed by atoms with Gasteiger partial charge in [-0.25, -0.2) is 4.79 Å². The minimum absolute atomic E-state index is 0.0286. The maximum atomic E-state index is 12.6. The van der Waals surface area contributed by atoms with Crippen LogP contribution in [0.15, 0.2) is 24.3 Å². The van der Waals surface area contributed by atoms with Gasteiger partial charge in [0.15, 0.2) is 6.10 Å². The molecule has 0 bridgehead atoms. The maximum Gasteiger partial charge on any atom is 0.338 e. The molecular formula is C20H28N2O4. The molecule has 0 spiro atoms. The Labute approximate surface area is 155 Å². The Morgan fingerprint density at radius 3 is 2.08 bits per heavy atom. The molecule has 1 fully saturated rings. The zero-order valence-corrected chi connectivity index (χ0v) is 16.2. The first kappa shape index (κ1) is 19.9. The van der Waals surface area contributed by atoms with Crippen LogP contribution in [0.2, 0.25) is 0 Å². The van der Waals surface area contributed by atoms with Crippen LogP contribution in [-0.2, 0) is 14.3 Å². The quantitative estimate of drug-likeness (QED) is 0.732. The van der Waals surface area contributed by atoms with E-state index in [9.17, 15) is 14.4 Å². The second kappa shape index (κ2) is 8.34. The molecule has 1 atom stereocenters. The van der Waals surface area contributed by atoms with Gasteiger partial charge >= 0.3 is 5.97 Å². The molecule has 6 heteroatoms. The van der Waals surface area contributed by atoms with Gasteiger partial charge in [0.2, 0.25) is 5.91 Å². The van der Waals surface area contributed by atoms with Gasteiger partial charge in [0.1, 0.15) is 0 Å². The third-order valence-corrected chi connectivity index (χ3v) is 4.49. The van der Waals surface area contributed by atoms with Crippen LogP contribution in [0.3, 0.4) is 0 Å². The van der Waals surface area contributed by atoms with Crippen molar-refractivity contribution in [3.05, 3.63) is 29.8 Å². The fraction of sp³-hybridized carbons (Fsp3) is 0.550. The predicted molar refractivity (Wildman–Crippen MR) is 100 cm³/mol. The van der Waals surface area contributed by atoms with E-state index < -0.39 is 12.1 Å². The van der Waals surface area contributed by atoms with E-state index in [2.05, 4.69) is 0 Å². The molecule has 2 amide bonds. The highest BCUT2D eigenvalue weighted by Gasteiger charge is 2.28. The minimum Gasteiger partial charge on any atom is -0.449 e. The highest BCUT2D eigenvalue weighted by Crippen LogP contribution is 2.22. The van der Waals surface area contributed by atoms with Gasteiger partial charge in [0.25, 0.3) is 5.91 Å². The summed E-state index contributed by atoms with van der Waals surface area (Å²) in [5.41, 5.74) is 1.14. The molecule has 1 aromatic rings. The molecule has 0 saturated carbocycles. The number of hydrogen-bond donors (Lipinski definition) is 0. The summed E-state index contributed by atoms with van der Waals surface area (Å²) in [5, 5.41) is 0. The Morgan fingerprint density at radius 2 is 1.62 bits per heavy atom. The van der Waals surface area contributed by atoms with Crippen molar-refractivity contribution >= 4 is 23.5 Å². The fourth-order valence-corrected chi connectivity index (χ4v) is 3.29. The number of anilines is 1. The lowest BCUT2D eigenvalue weighted by Crippen LogP contribution is -2.47. The summed E-state index contributed by atoms with van der Waals surface area (Å²) in [4.78, 5) is 40.1. The molecular weight excluding hydrogens is 332 g/mol. The van der Waals surface area contributed by atoms with Crippen molar-refractivity contribution in [1.29, 1.82) is 0 Å². The molecule has 0 N–H and O–H groups in total. The van der Waals surface area contributed by atoms with E-state index in [1.54, 1.807) is 41.0 Å². The summed E-state index contributed by atoms with van der Waals surface area (Å²) in [6.07, 6.45) is 0.558. The molecule has 1 aliphatic heterocycles. The number of carbonyl (C=O) groups is 3. The van der Waals surface area contributed by atoms with Gasteiger partial charge in [-0.1, -0.05) is 0 Å². The van der Waals surface area contributed by atoms with Crippen molar-refractivity contribution in [3.8, 4) is 0 Å². The maximum absolute atomic E-state index is 12.6. The van der Waals surface area contributed by atoms with E-state index >= 15 is 0 Å². The molecule has 26 heavy (non-hydrogen) atoms. The Kier molecular flexibility index (Phi) is 6.40. The van der Waals surface area contributed by atoms with E-state index in [1.807, 2.05) is 27.7 Å². The van der Waals surface area contributed by atoms with Crippen molar-refractivity contribution in [3.63, 3.8) is 0 Å². The second-order valence-corrected chi connectivity index (χ2v) is 7.18. The summed E-state index contributed by atoms with van der Waals surface area (Å²) in [5.74, 6) is -0.651. The topological polar surface area (TPSA) is 66.9 Å². The minimum atomic E-state index is -0.855. The zero-order chi connectivity index (χ0) is 19.4. The third kappa shape index (κ3) is 4.42. The van der Waals surface area contributed by atoms with E-state index in [1.165, 1.54) is 0 Å². The molecule has 1 heterocycles. The predicted octanol–water partition coefficient (Wildman–Crippen LogP) is 3.00. The van der Waals surface area contributed by atoms with Crippen LogP contribution in [-0.4, -0.2) is 47.4 Å². The normalized spacial score (nSPS) is 15.5. The van der Waals surface area contributed by atoms with Gasteiger partial charge in [-0.3, -0.25) is 9.59 Å². The van der Waals surface area contributed by atoms with Crippen LogP contribution < -0.4 is 4.90 Å². The molecule has 0 aliphatic carbocycles. The molecule has 142 valence electrons. The molecule has 0 radical (unpaired) electrons. The number of esters is 1. The van der Waals surface area contributed by atoms with Gasteiger partial charge in [-0.2, -0.15) is 0 Å². The number of rotatable bonds is 6. The molecule has 0 unspecified atom stereocenters. The van der Waals surface area contributed by atoms with Gasteiger partial charge in [0, 0.05) is 30.7 Å². The Balaban J connectivity index is 2.02. The third-order valence-electron chi connectivity index (χ3n) is 4.49. The lowest BCUT2D eigenvalue weighted by molar-refractivity contribution is -0.143. The summed E-state index contributed by atoms with van der Waals surface area (Å²) in [6.45, 7) is 10.0. The summed E-state index contributed by atoms with van der Waals surface area (Å²) in [6, 6.07) is 6.79. The standard InChI is InChI=1S/C20H28N2O4/c1-13(2)22(14(3)4)19(24)15(5)26-20(25)16-8-10-17(11-9-16)21-12-6-7-18(21)23/h8-11,13-15H,6-7,12H2,1-5H3/t15-/m0/s1. The Morgan fingerprint density at radius 1 is 1.04 bits per heavy atom. The lowest BCUT2D eigenvalue weighted by atomic mass is 10.2. The average molecular weight is 360 g/mol. The molecule has 2 rings (SSSR count). The number of amides is 2. The molecule has 1 aromatic carbocycles. The lowest BCUT2D eigenvalue weighted by Gasteiger charge is -2.32. The molecule has 1 aliphatic rings. The van der Waals surface area contributed by atoms with E-state index in [-0.39, 0.29) is 23.9 Å². The van der Waals surface area contributed by atoms with Crippen molar-refractivity contribution in [2.45, 2.75) is 65.6 Å².